The number of nitrogens with one attached hydrogen (secondary N) is 1. The Morgan fingerprint density at radius 3 is 2.47 bits per heavy atom. The van der Waals surface area contributed by atoms with Gasteiger partial charge in [0, 0.05) is 25.3 Å². The number of carbonyl (C=O) groups excluding carboxylic acids is 1. The van der Waals surface area contributed by atoms with Crippen LogP contribution in [0.4, 0.5) is 5.69 Å². The molecule has 1 aromatic heterocycles. The highest BCUT2D eigenvalue weighted by atomic mass is 16.5. The fourth-order valence-electron chi connectivity index (χ4n) is 3.99. The first-order valence-electron chi connectivity index (χ1n) is 10.9. The Kier molecular flexibility index (Phi) is 7.25. The number of hydrogen-bond acceptors (Lipinski definition) is 7. The number of tetrazole rings is 1. The van der Waals surface area contributed by atoms with E-state index in [1.807, 2.05) is 0 Å². The van der Waals surface area contributed by atoms with Crippen molar-refractivity contribution < 1.29 is 9.53 Å². The zero-order valence-corrected chi connectivity index (χ0v) is 17.5. The molecule has 1 aromatic carbocycles. The molecular formula is C21H31N7O2. The van der Waals surface area contributed by atoms with E-state index in [1.54, 1.807) is 4.68 Å². The van der Waals surface area contributed by atoms with Crippen molar-refractivity contribution in [2.75, 3.05) is 44.3 Å². The molecular weight excluding hydrogens is 382 g/mol. The Balaban J connectivity index is 1.25. The van der Waals surface area contributed by atoms with Gasteiger partial charge in [-0.25, -0.2) is 4.68 Å². The summed E-state index contributed by atoms with van der Waals surface area (Å²) >= 11 is 0. The van der Waals surface area contributed by atoms with Crippen molar-refractivity contribution in [3.8, 4) is 0 Å². The normalized spacial score (nSPS) is 18.2. The zero-order chi connectivity index (χ0) is 20.6. The van der Waals surface area contributed by atoms with E-state index < -0.39 is 0 Å². The summed E-state index contributed by atoms with van der Waals surface area (Å²) in [5.41, 5.74) is 2.27. The first kappa shape index (κ1) is 20.7. The highest BCUT2D eigenvalue weighted by Gasteiger charge is 2.16. The minimum atomic E-state index is -0.0864. The topological polar surface area (TPSA) is 88.4 Å². The largest absolute Gasteiger partial charge is 0.378 e. The highest BCUT2D eigenvalue weighted by molar-refractivity contribution is 5.75. The van der Waals surface area contributed by atoms with Crippen LogP contribution in [-0.4, -0.2) is 70.4 Å². The lowest BCUT2D eigenvalue weighted by molar-refractivity contribution is -0.122. The van der Waals surface area contributed by atoms with Crippen LogP contribution in [0.5, 0.6) is 0 Å². The Labute approximate surface area is 177 Å². The van der Waals surface area contributed by atoms with Gasteiger partial charge in [0.25, 0.3) is 0 Å². The van der Waals surface area contributed by atoms with Crippen LogP contribution in [-0.2, 0) is 29.2 Å². The van der Waals surface area contributed by atoms with E-state index in [9.17, 15) is 4.79 Å². The summed E-state index contributed by atoms with van der Waals surface area (Å²) < 4.78 is 7.01. The van der Waals surface area contributed by atoms with Crippen LogP contribution in [0, 0.1) is 0 Å². The van der Waals surface area contributed by atoms with Gasteiger partial charge in [-0.2, -0.15) is 0 Å². The fourth-order valence-corrected chi connectivity index (χ4v) is 3.99. The molecule has 30 heavy (non-hydrogen) atoms. The molecule has 0 saturated carbocycles. The summed E-state index contributed by atoms with van der Waals surface area (Å²) in [6.07, 6.45) is 5.01. The summed E-state index contributed by atoms with van der Waals surface area (Å²) in [5.74, 6) is 0.665. The van der Waals surface area contributed by atoms with Gasteiger partial charge in [0.05, 0.1) is 19.8 Å². The number of nitrogens with zero attached hydrogens (tertiary/aromatic N) is 6. The van der Waals surface area contributed by atoms with Crippen molar-refractivity contribution in [2.24, 2.45) is 0 Å². The molecule has 1 amide bonds. The second-order valence-electron chi connectivity index (χ2n) is 7.99. The fraction of sp³-hybridized carbons (Fsp3) is 0.619. The van der Waals surface area contributed by atoms with Crippen molar-refractivity contribution >= 4 is 11.6 Å². The van der Waals surface area contributed by atoms with Crippen molar-refractivity contribution in [3.63, 3.8) is 0 Å². The smallest absolute Gasteiger partial charge is 0.242 e. The summed E-state index contributed by atoms with van der Waals surface area (Å²) in [5, 5.41) is 14.9. The molecule has 2 saturated heterocycles. The molecule has 4 rings (SSSR count). The van der Waals surface area contributed by atoms with Gasteiger partial charge in [0.15, 0.2) is 5.82 Å². The van der Waals surface area contributed by atoms with E-state index in [0.29, 0.717) is 13.1 Å². The van der Waals surface area contributed by atoms with Crippen LogP contribution in [0.3, 0.4) is 0 Å². The Hall–Kier alpha value is -2.52. The van der Waals surface area contributed by atoms with Crippen molar-refractivity contribution in [3.05, 3.63) is 35.7 Å². The van der Waals surface area contributed by atoms with Crippen LogP contribution < -0.4 is 10.2 Å². The van der Waals surface area contributed by atoms with E-state index >= 15 is 0 Å². The number of morpholine rings is 1. The zero-order valence-electron chi connectivity index (χ0n) is 17.5. The van der Waals surface area contributed by atoms with Gasteiger partial charge < -0.3 is 15.0 Å². The van der Waals surface area contributed by atoms with Crippen molar-refractivity contribution in [1.82, 2.24) is 30.4 Å². The molecule has 2 aliphatic rings. The molecule has 9 heteroatoms. The number of rotatable bonds is 7. The van der Waals surface area contributed by atoms with Crippen molar-refractivity contribution in [2.45, 2.75) is 45.3 Å². The molecule has 0 unspecified atom stereocenters. The summed E-state index contributed by atoms with van der Waals surface area (Å²) in [6, 6.07) is 8.33. The van der Waals surface area contributed by atoms with Gasteiger partial charge in [-0.1, -0.05) is 25.0 Å². The molecule has 162 valence electrons. The Bertz CT molecular complexity index is 794. The number of anilines is 1. The third-order valence-electron chi connectivity index (χ3n) is 5.77. The summed E-state index contributed by atoms with van der Waals surface area (Å²) in [6.45, 7) is 6.85. The number of benzene rings is 1. The number of ether oxygens (including phenoxy) is 1. The van der Waals surface area contributed by atoms with Gasteiger partial charge >= 0.3 is 0 Å². The Morgan fingerprint density at radius 1 is 1.00 bits per heavy atom. The van der Waals surface area contributed by atoms with Crippen LogP contribution in [0.2, 0.25) is 0 Å². The van der Waals surface area contributed by atoms with E-state index in [-0.39, 0.29) is 12.5 Å². The lowest BCUT2D eigenvalue weighted by Crippen LogP contribution is -2.36. The van der Waals surface area contributed by atoms with Gasteiger partial charge in [-0.05, 0) is 54.1 Å². The SMILES string of the molecule is O=C(Cn1nnnc1CN1CCCCCC1)NCc1ccc(N2CCOCC2)cc1. The lowest BCUT2D eigenvalue weighted by Gasteiger charge is -2.28. The second kappa shape index (κ2) is 10.5. The van der Waals surface area contributed by atoms with E-state index in [0.717, 1.165) is 50.8 Å². The average molecular weight is 414 g/mol. The molecule has 1 N–H and O–H groups in total. The molecule has 0 atom stereocenters. The third-order valence-corrected chi connectivity index (χ3v) is 5.77. The second-order valence-corrected chi connectivity index (χ2v) is 7.99. The average Bonchev–Trinajstić information content (AvgIpc) is 3.04. The number of amides is 1. The van der Waals surface area contributed by atoms with E-state index in [2.05, 4.69) is 54.9 Å². The predicted octanol–water partition coefficient (Wildman–Crippen LogP) is 1.20. The number of hydrogen-bond donors (Lipinski definition) is 1. The maximum atomic E-state index is 12.4. The first-order valence-corrected chi connectivity index (χ1v) is 10.9. The van der Waals surface area contributed by atoms with Crippen LogP contribution >= 0.6 is 0 Å². The predicted molar refractivity (Wildman–Crippen MR) is 113 cm³/mol. The molecule has 2 aliphatic heterocycles. The van der Waals surface area contributed by atoms with Gasteiger partial charge in [0.1, 0.15) is 6.54 Å². The molecule has 0 spiro atoms. The molecule has 3 heterocycles. The molecule has 0 aliphatic carbocycles. The Morgan fingerprint density at radius 2 is 1.73 bits per heavy atom. The number of likely N-dealkylation sites (tertiary alicyclic amines) is 1. The van der Waals surface area contributed by atoms with Gasteiger partial charge in [0.2, 0.25) is 5.91 Å². The maximum absolute atomic E-state index is 12.4. The molecule has 0 radical (unpaired) electrons. The number of carbonyl (C=O) groups is 1. The van der Waals surface area contributed by atoms with Crippen LogP contribution in [0.25, 0.3) is 0 Å². The quantitative estimate of drug-likeness (QED) is 0.730. The van der Waals surface area contributed by atoms with Gasteiger partial charge in [-0.3, -0.25) is 9.69 Å². The third kappa shape index (κ3) is 5.76. The molecule has 0 bridgehead atoms. The molecule has 2 fully saturated rings. The minimum absolute atomic E-state index is 0.0864. The maximum Gasteiger partial charge on any atom is 0.242 e. The monoisotopic (exact) mass is 413 g/mol. The van der Waals surface area contributed by atoms with Crippen LogP contribution in [0.1, 0.15) is 37.1 Å². The van der Waals surface area contributed by atoms with Crippen molar-refractivity contribution in [1.29, 1.82) is 0 Å². The van der Waals surface area contributed by atoms with E-state index in [4.69, 9.17) is 4.74 Å². The number of aromatic nitrogens is 4. The summed E-state index contributed by atoms with van der Waals surface area (Å²) in [7, 11) is 0. The first-order chi connectivity index (χ1) is 14.8. The molecule has 9 nitrogen and oxygen atoms in total. The summed E-state index contributed by atoms with van der Waals surface area (Å²) in [4.78, 5) is 17.1. The lowest BCUT2D eigenvalue weighted by atomic mass is 10.2. The van der Waals surface area contributed by atoms with Crippen LogP contribution in [0.15, 0.2) is 24.3 Å². The standard InChI is InChI=1S/C21H31N7O2/c29-21(17-28-20(23-24-25-28)16-26-9-3-1-2-4-10-26)22-15-18-5-7-19(8-6-18)27-11-13-30-14-12-27/h5-8H,1-4,9-17H2,(H,22,29). The molecule has 2 aromatic rings. The minimum Gasteiger partial charge on any atom is -0.378 e. The highest BCUT2D eigenvalue weighted by Crippen LogP contribution is 2.16. The van der Waals surface area contributed by atoms with E-state index in [1.165, 1.54) is 31.4 Å². The van der Waals surface area contributed by atoms with Gasteiger partial charge in [-0.15, -0.1) is 5.10 Å².